The third kappa shape index (κ3) is 2.30. The maximum absolute atomic E-state index is 11.7. The Hall–Kier alpha value is -1.62. The van der Waals surface area contributed by atoms with Crippen LogP contribution in [0.2, 0.25) is 0 Å². The number of rotatable bonds is 2. The van der Waals surface area contributed by atoms with Crippen LogP contribution in [0.1, 0.15) is 16.1 Å². The van der Waals surface area contributed by atoms with Crippen LogP contribution < -0.4 is 5.32 Å². The predicted octanol–water partition coefficient (Wildman–Crippen LogP) is 2.73. The summed E-state index contributed by atoms with van der Waals surface area (Å²) in [5, 5.41) is 2.78. The number of H-pyrrole nitrogens is 1. The van der Waals surface area contributed by atoms with Gasteiger partial charge in [0, 0.05) is 10.2 Å². The largest absolute Gasteiger partial charge is 0.341 e. The highest BCUT2D eigenvalue weighted by Gasteiger charge is 2.07. The van der Waals surface area contributed by atoms with E-state index >= 15 is 0 Å². The number of imidazole rings is 1. The predicted molar refractivity (Wildman–Crippen MR) is 65.4 cm³/mol. The molecule has 5 heteroatoms. The molecule has 0 atom stereocenters. The van der Waals surface area contributed by atoms with Gasteiger partial charge in [-0.25, -0.2) is 4.98 Å². The molecule has 16 heavy (non-hydrogen) atoms. The number of aromatic nitrogens is 2. The molecule has 0 saturated carbocycles. The Morgan fingerprint density at radius 2 is 2.31 bits per heavy atom. The minimum atomic E-state index is -0.195. The van der Waals surface area contributed by atoms with E-state index in [1.54, 1.807) is 0 Å². The van der Waals surface area contributed by atoms with Crippen LogP contribution in [0.5, 0.6) is 0 Å². The van der Waals surface area contributed by atoms with Crippen molar-refractivity contribution in [2.45, 2.75) is 6.92 Å². The second-order valence-corrected chi connectivity index (χ2v) is 4.24. The molecule has 0 aliphatic heterocycles. The van der Waals surface area contributed by atoms with Crippen molar-refractivity contribution < 1.29 is 4.79 Å². The van der Waals surface area contributed by atoms with Crippen LogP contribution in [-0.2, 0) is 0 Å². The fourth-order valence-electron chi connectivity index (χ4n) is 1.30. The molecule has 2 rings (SSSR count). The highest BCUT2D eigenvalue weighted by Crippen LogP contribution is 2.20. The second-order valence-electron chi connectivity index (χ2n) is 3.38. The summed E-state index contributed by atoms with van der Waals surface area (Å²) in [6, 6.07) is 5.64. The number of nitrogens with zero attached hydrogens (tertiary/aromatic N) is 1. The summed E-state index contributed by atoms with van der Waals surface area (Å²) >= 11 is 3.41. The number of carbonyl (C=O) groups excluding carboxylic acids is 1. The van der Waals surface area contributed by atoms with Crippen LogP contribution in [0.25, 0.3) is 0 Å². The smallest absolute Gasteiger partial charge is 0.273 e. The Labute approximate surface area is 101 Å². The Balaban J connectivity index is 2.15. The van der Waals surface area contributed by atoms with Crippen molar-refractivity contribution in [3.8, 4) is 0 Å². The summed E-state index contributed by atoms with van der Waals surface area (Å²) in [4.78, 5) is 18.2. The Bertz CT molecular complexity index is 508. The lowest BCUT2D eigenvalue weighted by molar-refractivity contribution is 0.102. The van der Waals surface area contributed by atoms with Gasteiger partial charge in [0.2, 0.25) is 0 Å². The molecule has 1 aromatic heterocycles. The molecular weight excluding hydrogens is 270 g/mol. The molecule has 82 valence electrons. The second kappa shape index (κ2) is 4.49. The number of aryl methyl sites for hydroxylation is 1. The third-order valence-corrected chi connectivity index (χ3v) is 3.05. The molecule has 2 aromatic rings. The summed E-state index contributed by atoms with van der Waals surface area (Å²) in [6.45, 7) is 1.97. The first-order valence-corrected chi connectivity index (χ1v) is 5.52. The number of benzene rings is 1. The summed E-state index contributed by atoms with van der Waals surface area (Å²) in [5.74, 6) is -0.195. The van der Waals surface area contributed by atoms with E-state index in [9.17, 15) is 4.79 Å². The average molecular weight is 280 g/mol. The lowest BCUT2D eigenvalue weighted by Crippen LogP contribution is -2.12. The number of anilines is 1. The van der Waals surface area contributed by atoms with Crippen LogP contribution in [0, 0.1) is 6.92 Å². The number of hydrogen-bond acceptors (Lipinski definition) is 2. The molecule has 0 fully saturated rings. The van der Waals surface area contributed by atoms with Gasteiger partial charge in [-0.1, -0.05) is 15.9 Å². The first kappa shape index (κ1) is 10.9. The Morgan fingerprint density at radius 1 is 1.50 bits per heavy atom. The number of halogens is 1. The molecule has 0 aliphatic carbocycles. The highest BCUT2D eigenvalue weighted by molar-refractivity contribution is 9.10. The molecule has 4 nitrogen and oxygen atoms in total. The van der Waals surface area contributed by atoms with Crippen LogP contribution in [0.4, 0.5) is 5.69 Å². The fraction of sp³-hybridized carbons (Fsp3) is 0.0909. The first-order valence-electron chi connectivity index (χ1n) is 4.72. The lowest BCUT2D eigenvalue weighted by atomic mass is 10.2. The van der Waals surface area contributed by atoms with Crippen molar-refractivity contribution in [1.82, 2.24) is 9.97 Å². The molecule has 0 saturated heterocycles. The molecule has 0 bridgehead atoms. The van der Waals surface area contributed by atoms with Gasteiger partial charge in [-0.05, 0) is 30.7 Å². The summed E-state index contributed by atoms with van der Waals surface area (Å²) in [7, 11) is 0. The van der Waals surface area contributed by atoms with Crippen LogP contribution in [-0.4, -0.2) is 15.9 Å². The van der Waals surface area contributed by atoms with E-state index in [4.69, 9.17) is 0 Å². The normalized spacial score (nSPS) is 10.1. The number of nitrogens with one attached hydrogen (secondary N) is 2. The topological polar surface area (TPSA) is 57.8 Å². The van der Waals surface area contributed by atoms with Gasteiger partial charge in [-0.3, -0.25) is 4.79 Å². The van der Waals surface area contributed by atoms with Gasteiger partial charge in [0.1, 0.15) is 5.69 Å². The standard InChI is InChI=1S/C11H10BrN3O/c1-7-4-8(2-3-9(7)12)15-11(16)10-5-13-6-14-10/h2-6H,1H3,(H,13,14)(H,15,16). The van der Waals surface area contributed by atoms with Gasteiger partial charge in [0.25, 0.3) is 5.91 Å². The molecule has 1 aromatic carbocycles. The minimum Gasteiger partial charge on any atom is -0.341 e. The molecule has 0 spiro atoms. The zero-order valence-corrected chi connectivity index (χ0v) is 10.2. The van der Waals surface area contributed by atoms with Crippen molar-refractivity contribution in [2.24, 2.45) is 0 Å². The monoisotopic (exact) mass is 279 g/mol. The maximum Gasteiger partial charge on any atom is 0.273 e. The van der Waals surface area contributed by atoms with Gasteiger partial charge in [-0.15, -0.1) is 0 Å². The number of hydrogen-bond donors (Lipinski definition) is 2. The summed E-state index contributed by atoms with van der Waals surface area (Å²) in [5.41, 5.74) is 2.28. The molecule has 1 heterocycles. The van der Waals surface area contributed by atoms with E-state index in [-0.39, 0.29) is 5.91 Å². The van der Waals surface area contributed by atoms with Crippen LogP contribution in [0.3, 0.4) is 0 Å². The molecule has 0 aliphatic rings. The fourth-order valence-corrected chi connectivity index (χ4v) is 1.55. The molecule has 0 radical (unpaired) electrons. The highest BCUT2D eigenvalue weighted by atomic mass is 79.9. The zero-order chi connectivity index (χ0) is 11.5. The molecule has 0 unspecified atom stereocenters. The summed E-state index contributed by atoms with van der Waals surface area (Å²) < 4.78 is 1.02. The minimum absolute atomic E-state index is 0.195. The van der Waals surface area contributed by atoms with Crippen molar-refractivity contribution >= 4 is 27.5 Å². The van der Waals surface area contributed by atoms with Crippen molar-refractivity contribution in [1.29, 1.82) is 0 Å². The quantitative estimate of drug-likeness (QED) is 0.888. The summed E-state index contributed by atoms with van der Waals surface area (Å²) in [6.07, 6.45) is 2.96. The molecule has 2 N–H and O–H groups in total. The van der Waals surface area contributed by atoms with Gasteiger partial charge in [-0.2, -0.15) is 0 Å². The van der Waals surface area contributed by atoms with Gasteiger partial charge >= 0.3 is 0 Å². The molecular formula is C11H10BrN3O. The number of carbonyl (C=O) groups is 1. The molecule has 1 amide bonds. The van der Waals surface area contributed by atoms with Crippen LogP contribution in [0.15, 0.2) is 35.2 Å². The van der Waals surface area contributed by atoms with E-state index in [2.05, 4.69) is 31.2 Å². The number of aromatic amines is 1. The van der Waals surface area contributed by atoms with Crippen molar-refractivity contribution in [3.63, 3.8) is 0 Å². The van der Waals surface area contributed by atoms with Crippen molar-refractivity contribution in [2.75, 3.05) is 5.32 Å². The SMILES string of the molecule is Cc1cc(NC(=O)c2cnc[nH]2)ccc1Br. The Morgan fingerprint density at radius 3 is 2.94 bits per heavy atom. The lowest BCUT2D eigenvalue weighted by Gasteiger charge is -2.05. The van der Waals surface area contributed by atoms with Gasteiger partial charge in [0.15, 0.2) is 0 Å². The van der Waals surface area contributed by atoms with Gasteiger partial charge in [0.05, 0.1) is 12.5 Å². The average Bonchev–Trinajstić information content (AvgIpc) is 2.77. The van der Waals surface area contributed by atoms with Gasteiger partial charge < -0.3 is 10.3 Å². The number of amides is 1. The van der Waals surface area contributed by atoms with E-state index in [0.717, 1.165) is 15.7 Å². The van der Waals surface area contributed by atoms with E-state index in [1.807, 2.05) is 25.1 Å². The zero-order valence-electron chi connectivity index (χ0n) is 8.62. The van der Waals surface area contributed by atoms with Crippen LogP contribution >= 0.6 is 15.9 Å². The van der Waals surface area contributed by atoms with E-state index < -0.39 is 0 Å². The maximum atomic E-state index is 11.7. The van der Waals surface area contributed by atoms with E-state index in [0.29, 0.717) is 5.69 Å². The first-order chi connectivity index (χ1) is 7.66. The third-order valence-electron chi connectivity index (χ3n) is 2.16. The Kier molecular flexibility index (Phi) is 3.05. The van der Waals surface area contributed by atoms with Crippen molar-refractivity contribution in [3.05, 3.63) is 46.5 Å². The van der Waals surface area contributed by atoms with E-state index in [1.165, 1.54) is 12.5 Å².